The largest absolute Gasteiger partial charge is 0.494 e. The van der Waals surface area contributed by atoms with Gasteiger partial charge in [-0.2, -0.15) is 0 Å². The Kier molecular flexibility index (Phi) is 7.97. The number of fused-ring (bicyclic) bond motifs is 1. The summed E-state index contributed by atoms with van der Waals surface area (Å²) in [4.78, 5) is 17.3. The van der Waals surface area contributed by atoms with E-state index in [0.29, 0.717) is 25.1 Å². The van der Waals surface area contributed by atoms with E-state index in [0.717, 1.165) is 54.0 Å². The highest BCUT2D eigenvalue weighted by atomic mass is 16.5. The zero-order chi connectivity index (χ0) is 23.8. The summed E-state index contributed by atoms with van der Waals surface area (Å²) < 4.78 is 8.19. The predicted octanol–water partition coefficient (Wildman–Crippen LogP) is 5.74. The van der Waals surface area contributed by atoms with Gasteiger partial charge in [0.05, 0.1) is 17.6 Å². The second kappa shape index (κ2) is 11.5. The molecule has 4 rings (SSSR count). The molecule has 0 bridgehead atoms. The molecule has 4 aromatic rings. The molecular weight excluding hydrogens is 422 g/mol. The molecular formula is C29H33N3O2. The van der Waals surface area contributed by atoms with Crippen molar-refractivity contribution >= 4 is 16.9 Å². The number of para-hydroxylation sites is 2. The average Bonchev–Trinajstić information content (AvgIpc) is 3.21. The number of imidazole rings is 1. The van der Waals surface area contributed by atoms with Gasteiger partial charge in [-0.1, -0.05) is 48.9 Å². The molecule has 0 saturated carbocycles. The Hall–Kier alpha value is -3.60. The van der Waals surface area contributed by atoms with Gasteiger partial charge in [0.2, 0.25) is 0 Å². The Balaban J connectivity index is 1.32. The Labute approximate surface area is 201 Å². The van der Waals surface area contributed by atoms with Gasteiger partial charge >= 0.3 is 0 Å². The summed E-state index contributed by atoms with van der Waals surface area (Å²) in [5, 5.41) is 3.04. The lowest BCUT2D eigenvalue weighted by molar-refractivity contribution is 0.0954. The second-order valence-corrected chi connectivity index (χ2v) is 8.60. The first-order chi connectivity index (χ1) is 16.6. The molecule has 5 nitrogen and oxygen atoms in total. The van der Waals surface area contributed by atoms with E-state index in [2.05, 4.69) is 35.0 Å². The number of amides is 1. The number of rotatable bonds is 11. The number of carbonyl (C=O) groups excluding carboxylic acids is 1. The van der Waals surface area contributed by atoms with Gasteiger partial charge < -0.3 is 14.6 Å². The lowest BCUT2D eigenvalue weighted by atomic mass is 10.1. The van der Waals surface area contributed by atoms with Crippen LogP contribution < -0.4 is 10.1 Å². The van der Waals surface area contributed by atoms with Crippen molar-refractivity contribution in [2.75, 3.05) is 13.2 Å². The highest BCUT2D eigenvalue weighted by molar-refractivity contribution is 5.94. The molecule has 0 aliphatic rings. The van der Waals surface area contributed by atoms with Crippen molar-refractivity contribution in [1.82, 2.24) is 14.9 Å². The minimum atomic E-state index is -0.0459. The molecule has 5 heteroatoms. The fraction of sp³-hybridized carbons (Fsp3) is 0.310. The Morgan fingerprint density at radius 3 is 2.62 bits per heavy atom. The van der Waals surface area contributed by atoms with Crippen LogP contribution in [0.2, 0.25) is 0 Å². The van der Waals surface area contributed by atoms with Crippen LogP contribution in [0.3, 0.4) is 0 Å². The van der Waals surface area contributed by atoms with Crippen LogP contribution in [0.15, 0.2) is 72.8 Å². The summed E-state index contributed by atoms with van der Waals surface area (Å²) in [6.07, 6.45) is 3.69. The Morgan fingerprint density at radius 2 is 1.82 bits per heavy atom. The van der Waals surface area contributed by atoms with Gasteiger partial charge in [0.15, 0.2) is 0 Å². The number of nitrogens with one attached hydrogen (secondary N) is 1. The molecule has 0 radical (unpaired) electrons. The van der Waals surface area contributed by atoms with Crippen LogP contribution in [0.25, 0.3) is 11.0 Å². The monoisotopic (exact) mass is 455 g/mol. The third-order valence-electron chi connectivity index (χ3n) is 6.02. The maximum Gasteiger partial charge on any atom is 0.251 e. The molecule has 0 saturated heterocycles. The predicted molar refractivity (Wildman–Crippen MR) is 137 cm³/mol. The van der Waals surface area contributed by atoms with Crippen LogP contribution in [0, 0.1) is 6.92 Å². The van der Waals surface area contributed by atoms with E-state index in [1.165, 1.54) is 5.56 Å². The van der Waals surface area contributed by atoms with Crippen LogP contribution in [0.4, 0.5) is 0 Å². The molecule has 0 fully saturated rings. The van der Waals surface area contributed by atoms with Crippen LogP contribution in [-0.4, -0.2) is 28.6 Å². The molecule has 1 aromatic heterocycles. The number of ether oxygens (including phenoxy) is 1. The maximum absolute atomic E-state index is 12.5. The number of hydrogen-bond donors (Lipinski definition) is 1. The zero-order valence-corrected chi connectivity index (χ0v) is 20.1. The molecule has 34 heavy (non-hydrogen) atoms. The number of aryl methyl sites for hydroxylation is 3. The van der Waals surface area contributed by atoms with E-state index in [-0.39, 0.29) is 5.91 Å². The third kappa shape index (κ3) is 6.04. The SMILES string of the molecule is CCc1ccc(OCCCCn2c(CCNC(=O)c3cccc(C)c3)nc3ccccc32)cc1. The number of benzene rings is 3. The Bertz CT molecular complexity index is 1230. The molecule has 0 aliphatic carbocycles. The number of nitrogens with zero attached hydrogens (tertiary/aromatic N) is 2. The summed E-state index contributed by atoms with van der Waals surface area (Å²) in [6.45, 7) is 6.26. The first-order valence-electron chi connectivity index (χ1n) is 12.1. The molecule has 0 spiro atoms. The first kappa shape index (κ1) is 23.6. The van der Waals surface area contributed by atoms with Crippen molar-refractivity contribution < 1.29 is 9.53 Å². The number of hydrogen-bond acceptors (Lipinski definition) is 3. The number of carbonyl (C=O) groups is 1. The maximum atomic E-state index is 12.5. The van der Waals surface area contributed by atoms with Crippen molar-refractivity contribution in [3.05, 3.63) is 95.3 Å². The fourth-order valence-corrected chi connectivity index (χ4v) is 4.13. The van der Waals surface area contributed by atoms with E-state index in [1.54, 1.807) is 0 Å². The zero-order valence-electron chi connectivity index (χ0n) is 20.1. The summed E-state index contributed by atoms with van der Waals surface area (Å²) in [6, 6.07) is 24.2. The third-order valence-corrected chi connectivity index (χ3v) is 6.02. The molecule has 176 valence electrons. The van der Waals surface area contributed by atoms with Gasteiger partial charge in [-0.3, -0.25) is 4.79 Å². The standard InChI is InChI=1S/C29H33N3O2/c1-3-23-13-15-25(16-14-23)34-20-7-6-19-32-27-12-5-4-11-26(27)31-28(32)17-18-30-29(33)24-10-8-9-22(2)21-24/h4-5,8-16,21H,3,6-7,17-20H2,1-2H3,(H,30,33). The van der Waals surface area contributed by atoms with Crippen LogP contribution in [0.1, 0.15) is 47.1 Å². The normalized spacial score (nSPS) is 11.0. The van der Waals surface area contributed by atoms with Crippen molar-refractivity contribution in [1.29, 1.82) is 0 Å². The van der Waals surface area contributed by atoms with Gasteiger partial charge in [-0.15, -0.1) is 0 Å². The van der Waals surface area contributed by atoms with Crippen molar-refractivity contribution in [3.8, 4) is 5.75 Å². The second-order valence-electron chi connectivity index (χ2n) is 8.60. The van der Waals surface area contributed by atoms with E-state index in [9.17, 15) is 4.79 Å². The molecule has 1 heterocycles. The molecule has 3 aromatic carbocycles. The lowest BCUT2D eigenvalue weighted by Crippen LogP contribution is -2.26. The van der Waals surface area contributed by atoms with Crippen LogP contribution in [0.5, 0.6) is 5.75 Å². The van der Waals surface area contributed by atoms with Crippen molar-refractivity contribution in [2.24, 2.45) is 0 Å². The topological polar surface area (TPSA) is 56.1 Å². The highest BCUT2D eigenvalue weighted by Crippen LogP contribution is 2.18. The van der Waals surface area contributed by atoms with Gasteiger partial charge in [0.25, 0.3) is 5.91 Å². The van der Waals surface area contributed by atoms with E-state index in [1.807, 2.05) is 61.5 Å². The molecule has 1 amide bonds. The minimum absolute atomic E-state index is 0.0459. The minimum Gasteiger partial charge on any atom is -0.494 e. The smallest absolute Gasteiger partial charge is 0.251 e. The van der Waals surface area contributed by atoms with Crippen LogP contribution >= 0.6 is 0 Å². The first-order valence-corrected chi connectivity index (χ1v) is 12.1. The van der Waals surface area contributed by atoms with Crippen LogP contribution in [-0.2, 0) is 19.4 Å². The Morgan fingerprint density at radius 1 is 1.00 bits per heavy atom. The summed E-state index contributed by atoms with van der Waals surface area (Å²) in [5.41, 5.74) is 5.23. The van der Waals surface area contributed by atoms with E-state index in [4.69, 9.17) is 9.72 Å². The summed E-state index contributed by atoms with van der Waals surface area (Å²) in [5.74, 6) is 1.88. The highest BCUT2D eigenvalue weighted by Gasteiger charge is 2.11. The molecule has 0 atom stereocenters. The summed E-state index contributed by atoms with van der Waals surface area (Å²) in [7, 11) is 0. The quantitative estimate of drug-likeness (QED) is 0.294. The number of unbranched alkanes of at least 4 members (excludes halogenated alkanes) is 1. The lowest BCUT2D eigenvalue weighted by Gasteiger charge is -2.11. The van der Waals surface area contributed by atoms with Gasteiger partial charge in [-0.05, 0) is 68.1 Å². The fourth-order valence-electron chi connectivity index (χ4n) is 4.13. The van der Waals surface area contributed by atoms with E-state index < -0.39 is 0 Å². The summed E-state index contributed by atoms with van der Waals surface area (Å²) >= 11 is 0. The molecule has 0 aliphatic heterocycles. The molecule has 0 unspecified atom stereocenters. The van der Waals surface area contributed by atoms with Crippen molar-refractivity contribution in [3.63, 3.8) is 0 Å². The van der Waals surface area contributed by atoms with E-state index >= 15 is 0 Å². The molecule has 1 N–H and O–H groups in total. The average molecular weight is 456 g/mol. The van der Waals surface area contributed by atoms with Gasteiger partial charge in [-0.25, -0.2) is 4.98 Å². The van der Waals surface area contributed by atoms with Gasteiger partial charge in [0.1, 0.15) is 11.6 Å². The number of aromatic nitrogens is 2. The van der Waals surface area contributed by atoms with Gasteiger partial charge in [0, 0.05) is 25.1 Å². The van der Waals surface area contributed by atoms with Crippen molar-refractivity contribution in [2.45, 2.75) is 46.1 Å².